The van der Waals surface area contributed by atoms with E-state index < -0.39 is 5.82 Å². The number of ether oxygens (including phenoxy) is 1. The van der Waals surface area contributed by atoms with E-state index in [1.807, 2.05) is 24.3 Å². The van der Waals surface area contributed by atoms with Crippen molar-refractivity contribution in [3.8, 4) is 11.1 Å². The van der Waals surface area contributed by atoms with Crippen LogP contribution >= 0.6 is 0 Å². The largest absolute Gasteiger partial charge is 0.394 e. The summed E-state index contributed by atoms with van der Waals surface area (Å²) in [7, 11) is 0. The second kappa shape index (κ2) is 10.7. The SMILES string of the molecule is C=CC(=O)Nc1cccc(-c2c(F)ccc3cnc(Nc4ccc(N5CCO[C@@H](CO)C5)cc4)nc23)c1. The van der Waals surface area contributed by atoms with Gasteiger partial charge in [0.15, 0.2) is 0 Å². The Morgan fingerprint density at radius 1 is 1.19 bits per heavy atom. The quantitative estimate of drug-likeness (QED) is 0.322. The van der Waals surface area contributed by atoms with Crippen LogP contribution in [0.2, 0.25) is 0 Å². The van der Waals surface area contributed by atoms with Crippen molar-refractivity contribution in [3.63, 3.8) is 0 Å². The van der Waals surface area contributed by atoms with Crippen molar-refractivity contribution < 1.29 is 19.0 Å². The monoisotopic (exact) mass is 499 g/mol. The standard InChI is InChI=1S/C28H26FN5O3/c1-2-25(36)31-21-5-3-4-18(14-21)26-24(29)11-6-19-15-30-28(33-27(19)26)32-20-7-9-22(10-8-20)34-12-13-37-23(16-34)17-35/h2-11,14-15,23,35H,1,12-13,16-17H2,(H,31,36)(H,30,32,33)/t23-/m1/s1. The molecule has 1 aliphatic heterocycles. The van der Waals surface area contributed by atoms with Gasteiger partial charge in [0.25, 0.3) is 0 Å². The van der Waals surface area contributed by atoms with E-state index in [1.165, 1.54) is 12.1 Å². The van der Waals surface area contributed by atoms with E-state index in [0.29, 0.717) is 46.8 Å². The average molecular weight is 500 g/mol. The minimum atomic E-state index is -0.430. The molecule has 8 nitrogen and oxygen atoms in total. The lowest BCUT2D eigenvalue weighted by Gasteiger charge is -2.33. The molecule has 0 radical (unpaired) electrons. The van der Waals surface area contributed by atoms with Crippen molar-refractivity contribution in [1.29, 1.82) is 0 Å². The molecule has 5 rings (SSSR count). The number of nitrogens with zero attached hydrogens (tertiary/aromatic N) is 3. The summed E-state index contributed by atoms with van der Waals surface area (Å²) in [5, 5.41) is 16.0. The Kier molecular flexibility index (Phi) is 7.07. The van der Waals surface area contributed by atoms with Gasteiger partial charge in [0.2, 0.25) is 11.9 Å². The van der Waals surface area contributed by atoms with Gasteiger partial charge < -0.3 is 25.4 Å². The molecule has 0 aliphatic carbocycles. The minimum Gasteiger partial charge on any atom is -0.394 e. The highest BCUT2D eigenvalue weighted by Crippen LogP contribution is 2.32. The van der Waals surface area contributed by atoms with Crippen molar-refractivity contribution in [3.05, 3.63) is 85.3 Å². The third kappa shape index (κ3) is 5.42. The van der Waals surface area contributed by atoms with E-state index in [1.54, 1.807) is 36.5 Å². The molecular formula is C28H26FN5O3. The van der Waals surface area contributed by atoms with E-state index in [4.69, 9.17) is 4.74 Å². The second-order valence-corrected chi connectivity index (χ2v) is 8.62. The Bertz CT molecular complexity index is 1440. The number of anilines is 4. The van der Waals surface area contributed by atoms with E-state index in [0.717, 1.165) is 17.9 Å². The van der Waals surface area contributed by atoms with Crippen molar-refractivity contribution in [2.24, 2.45) is 0 Å². The lowest BCUT2D eigenvalue weighted by molar-refractivity contribution is -0.111. The van der Waals surface area contributed by atoms with Crippen LogP contribution in [0.4, 0.5) is 27.4 Å². The average Bonchev–Trinajstić information content (AvgIpc) is 2.93. The molecule has 3 N–H and O–H groups in total. The number of amides is 1. The van der Waals surface area contributed by atoms with Crippen molar-refractivity contribution >= 4 is 39.8 Å². The Labute approximate surface area is 213 Å². The Balaban J connectivity index is 1.42. The highest BCUT2D eigenvalue weighted by molar-refractivity contribution is 6.00. The lowest BCUT2D eigenvalue weighted by Crippen LogP contribution is -2.44. The summed E-state index contributed by atoms with van der Waals surface area (Å²) < 4.78 is 20.6. The summed E-state index contributed by atoms with van der Waals surface area (Å²) >= 11 is 0. The number of fused-ring (bicyclic) bond motifs is 1. The molecule has 3 aromatic carbocycles. The number of carbonyl (C=O) groups is 1. The first kappa shape index (κ1) is 24.4. The molecular weight excluding hydrogens is 473 g/mol. The number of aliphatic hydroxyl groups is 1. The molecule has 1 aliphatic rings. The number of aliphatic hydroxyl groups excluding tert-OH is 1. The molecule has 0 unspecified atom stereocenters. The van der Waals surface area contributed by atoms with Crippen LogP contribution in [0, 0.1) is 5.82 Å². The minimum absolute atomic E-state index is 0.00816. The lowest BCUT2D eigenvalue weighted by atomic mass is 10.0. The van der Waals surface area contributed by atoms with E-state index in [9.17, 15) is 9.90 Å². The number of morpholine rings is 1. The Morgan fingerprint density at radius 3 is 2.81 bits per heavy atom. The zero-order valence-corrected chi connectivity index (χ0v) is 20.0. The molecule has 4 aromatic rings. The number of hydrogen-bond acceptors (Lipinski definition) is 7. The van der Waals surface area contributed by atoms with Gasteiger partial charge in [-0.2, -0.15) is 0 Å². The van der Waals surface area contributed by atoms with Crippen LogP contribution in [0.25, 0.3) is 22.0 Å². The van der Waals surface area contributed by atoms with E-state index in [2.05, 4.69) is 32.1 Å². The Morgan fingerprint density at radius 2 is 2.03 bits per heavy atom. The molecule has 1 saturated heterocycles. The number of halogens is 1. The van der Waals surface area contributed by atoms with Crippen LogP contribution < -0.4 is 15.5 Å². The number of nitrogens with one attached hydrogen (secondary N) is 2. The zero-order valence-electron chi connectivity index (χ0n) is 20.0. The van der Waals surface area contributed by atoms with Crippen LogP contribution in [0.1, 0.15) is 0 Å². The summed E-state index contributed by atoms with van der Waals surface area (Å²) in [6.07, 6.45) is 2.63. The number of aromatic nitrogens is 2. The van der Waals surface area contributed by atoms with Gasteiger partial charge in [0.05, 0.1) is 24.8 Å². The van der Waals surface area contributed by atoms with Crippen LogP contribution in [0.15, 0.2) is 79.5 Å². The second-order valence-electron chi connectivity index (χ2n) is 8.62. The topological polar surface area (TPSA) is 99.6 Å². The molecule has 1 amide bonds. The first-order valence-electron chi connectivity index (χ1n) is 11.9. The number of rotatable bonds is 7. The maximum Gasteiger partial charge on any atom is 0.247 e. The summed E-state index contributed by atoms with van der Waals surface area (Å²) in [4.78, 5) is 22.9. The third-order valence-electron chi connectivity index (χ3n) is 6.14. The molecule has 188 valence electrons. The fourth-order valence-corrected chi connectivity index (χ4v) is 4.30. The number of hydrogen-bond donors (Lipinski definition) is 3. The van der Waals surface area contributed by atoms with Gasteiger partial charge >= 0.3 is 0 Å². The summed E-state index contributed by atoms with van der Waals surface area (Å²) in [6, 6.07) is 17.8. The maximum absolute atomic E-state index is 15.1. The molecule has 0 saturated carbocycles. The van der Waals surface area contributed by atoms with Crippen LogP contribution in [-0.2, 0) is 9.53 Å². The van der Waals surface area contributed by atoms with Crippen molar-refractivity contribution in [2.45, 2.75) is 6.10 Å². The predicted molar refractivity (Wildman–Crippen MR) is 143 cm³/mol. The molecule has 1 fully saturated rings. The van der Waals surface area contributed by atoms with Crippen LogP contribution in [-0.4, -0.2) is 53.4 Å². The fraction of sp³-hybridized carbons (Fsp3) is 0.179. The van der Waals surface area contributed by atoms with Crippen LogP contribution in [0.3, 0.4) is 0 Å². The van der Waals surface area contributed by atoms with Gasteiger partial charge in [0, 0.05) is 47.3 Å². The van der Waals surface area contributed by atoms with E-state index >= 15 is 4.39 Å². The molecule has 37 heavy (non-hydrogen) atoms. The molecule has 1 aromatic heterocycles. The maximum atomic E-state index is 15.1. The zero-order chi connectivity index (χ0) is 25.8. The summed E-state index contributed by atoms with van der Waals surface area (Å²) in [5.41, 5.74) is 3.67. The molecule has 9 heteroatoms. The summed E-state index contributed by atoms with van der Waals surface area (Å²) in [5.74, 6) is -0.451. The van der Waals surface area contributed by atoms with Gasteiger partial charge in [0.1, 0.15) is 5.82 Å². The number of carbonyl (C=O) groups excluding carboxylic acids is 1. The van der Waals surface area contributed by atoms with Gasteiger partial charge in [-0.1, -0.05) is 18.7 Å². The first-order valence-corrected chi connectivity index (χ1v) is 11.9. The van der Waals surface area contributed by atoms with Crippen LogP contribution in [0.5, 0.6) is 0 Å². The van der Waals surface area contributed by atoms with Gasteiger partial charge in [-0.3, -0.25) is 4.79 Å². The van der Waals surface area contributed by atoms with Crippen molar-refractivity contribution in [1.82, 2.24) is 9.97 Å². The highest BCUT2D eigenvalue weighted by atomic mass is 19.1. The summed E-state index contributed by atoms with van der Waals surface area (Å²) in [6.45, 7) is 5.40. The molecule has 0 bridgehead atoms. The van der Waals surface area contributed by atoms with E-state index in [-0.39, 0.29) is 18.6 Å². The third-order valence-corrected chi connectivity index (χ3v) is 6.14. The smallest absolute Gasteiger partial charge is 0.247 e. The first-order chi connectivity index (χ1) is 18.0. The predicted octanol–water partition coefficient (Wildman–Crippen LogP) is 4.50. The number of benzene rings is 3. The van der Waals surface area contributed by atoms with Gasteiger partial charge in [-0.15, -0.1) is 0 Å². The Hall–Kier alpha value is -4.34. The highest BCUT2D eigenvalue weighted by Gasteiger charge is 2.20. The fourth-order valence-electron chi connectivity index (χ4n) is 4.30. The molecule has 0 spiro atoms. The molecule has 2 heterocycles. The van der Waals surface area contributed by atoms with Gasteiger partial charge in [-0.05, 0) is 60.2 Å². The normalized spacial score (nSPS) is 15.4. The molecule has 1 atom stereocenters. The van der Waals surface area contributed by atoms with Gasteiger partial charge in [-0.25, -0.2) is 14.4 Å². The van der Waals surface area contributed by atoms with Crippen molar-refractivity contribution in [2.75, 3.05) is 41.8 Å².